The zero-order chi connectivity index (χ0) is 18.1. The molecule has 0 aliphatic rings. The largest absolute Gasteiger partial charge is 0.480 e. The lowest BCUT2D eigenvalue weighted by molar-refractivity contribution is -0.137. The van der Waals surface area contributed by atoms with Crippen LogP contribution in [0.3, 0.4) is 0 Å². The molecule has 0 fully saturated rings. The molecular formula is C21H21NO3. The van der Waals surface area contributed by atoms with Crippen molar-refractivity contribution in [1.82, 2.24) is 4.57 Å². The molecule has 0 aliphatic heterocycles. The van der Waals surface area contributed by atoms with Gasteiger partial charge in [0.2, 0.25) is 0 Å². The number of aryl methyl sites for hydroxylation is 3. The van der Waals surface area contributed by atoms with Crippen LogP contribution in [0, 0.1) is 20.8 Å². The predicted molar refractivity (Wildman–Crippen MR) is 99.3 cm³/mol. The van der Waals surface area contributed by atoms with E-state index < -0.39 is 5.97 Å². The Morgan fingerprint density at radius 2 is 1.68 bits per heavy atom. The van der Waals surface area contributed by atoms with E-state index >= 15 is 0 Å². The zero-order valence-electron chi connectivity index (χ0n) is 14.7. The summed E-state index contributed by atoms with van der Waals surface area (Å²) in [7, 11) is 0. The van der Waals surface area contributed by atoms with Crippen LogP contribution >= 0.6 is 0 Å². The monoisotopic (exact) mass is 335 g/mol. The molecular weight excluding hydrogens is 314 g/mol. The van der Waals surface area contributed by atoms with Gasteiger partial charge in [0.05, 0.1) is 5.52 Å². The number of aliphatic carboxylic acids is 1. The van der Waals surface area contributed by atoms with Crippen LogP contribution in [0.15, 0.2) is 47.4 Å². The number of hydrogen-bond donors (Lipinski definition) is 1. The first-order valence-electron chi connectivity index (χ1n) is 8.25. The molecule has 3 aromatic rings. The van der Waals surface area contributed by atoms with E-state index in [0.29, 0.717) is 22.9 Å². The van der Waals surface area contributed by atoms with Gasteiger partial charge in [0.1, 0.15) is 6.54 Å². The third kappa shape index (κ3) is 3.63. The lowest BCUT2D eigenvalue weighted by atomic mass is 10.00. The molecule has 1 aromatic heterocycles. The van der Waals surface area contributed by atoms with Gasteiger partial charge >= 0.3 is 5.97 Å². The number of rotatable bonds is 4. The van der Waals surface area contributed by atoms with Gasteiger partial charge in [-0.25, -0.2) is 0 Å². The first-order valence-corrected chi connectivity index (χ1v) is 8.25. The molecule has 25 heavy (non-hydrogen) atoms. The number of carboxylic acid groups (broad SMARTS) is 1. The Morgan fingerprint density at radius 3 is 2.32 bits per heavy atom. The van der Waals surface area contributed by atoms with Crippen molar-refractivity contribution in [3.63, 3.8) is 0 Å². The fourth-order valence-corrected chi connectivity index (χ4v) is 3.36. The molecule has 4 heteroatoms. The minimum Gasteiger partial charge on any atom is -0.480 e. The van der Waals surface area contributed by atoms with E-state index in [-0.39, 0.29) is 12.0 Å². The summed E-state index contributed by atoms with van der Waals surface area (Å²) in [6, 6.07) is 11.8. The Hall–Kier alpha value is -2.88. The first-order chi connectivity index (χ1) is 11.8. The van der Waals surface area contributed by atoms with Gasteiger partial charge in [-0.05, 0) is 38.5 Å². The highest BCUT2D eigenvalue weighted by Crippen LogP contribution is 2.17. The molecule has 128 valence electrons. The van der Waals surface area contributed by atoms with Crippen LogP contribution in [-0.4, -0.2) is 15.6 Å². The second-order valence-corrected chi connectivity index (χ2v) is 6.70. The number of nitrogens with zero attached hydrogens (tertiary/aromatic N) is 1. The number of benzene rings is 2. The summed E-state index contributed by atoms with van der Waals surface area (Å²) in [6.45, 7) is 5.82. The van der Waals surface area contributed by atoms with Crippen molar-refractivity contribution in [3.8, 4) is 0 Å². The smallest absolute Gasteiger partial charge is 0.323 e. The summed E-state index contributed by atoms with van der Waals surface area (Å²) in [5.41, 5.74) is 5.58. The number of pyridine rings is 1. The second kappa shape index (κ2) is 6.55. The lowest BCUT2D eigenvalue weighted by Crippen LogP contribution is -2.18. The molecule has 0 bridgehead atoms. The minimum absolute atomic E-state index is 0.0282. The molecule has 0 aliphatic carbocycles. The molecule has 0 atom stereocenters. The average Bonchev–Trinajstić information content (AvgIpc) is 2.50. The highest BCUT2D eigenvalue weighted by Gasteiger charge is 2.12. The van der Waals surface area contributed by atoms with Crippen LogP contribution in [0.25, 0.3) is 10.9 Å². The number of hydrogen-bond acceptors (Lipinski definition) is 2. The van der Waals surface area contributed by atoms with Gasteiger partial charge < -0.3 is 9.67 Å². The fraction of sp³-hybridized carbons (Fsp3) is 0.238. The summed E-state index contributed by atoms with van der Waals surface area (Å²) in [5, 5.41) is 9.78. The minimum atomic E-state index is -0.928. The van der Waals surface area contributed by atoms with Crippen molar-refractivity contribution in [2.75, 3.05) is 0 Å². The zero-order valence-corrected chi connectivity index (χ0v) is 14.7. The van der Waals surface area contributed by atoms with Crippen molar-refractivity contribution in [3.05, 3.63) is 80.6 Å². The van der Waals surface area contributed by atoms with Crippen LogP contribution < -0.4 is 5.43 Å². The van der Waals surface area contributed by atoms with E-state index in [0.717, 1.165) is 22.3 Å². The molecule has 0 amide bonds. The summed E-state index contributed by atoms with van der Waals surface area (Å²) in [4.78, 5) is 24.2. The van der Waals surface area contributed by atoms with E-state index in [4.69, 9.17) is 0 Å². The van der Waals surface area contributed by atoms with Crippen molar-refractivity contribution in [2.24, 2.45) is 0 Å². The maximum Gasteiger partial charge on any atom is 0.323 e. The van der Waals surface area contributed by atoms with Crippen molar-refractivity contribution < 1.29 is 9.90 Å². The highest BCUT2D eigenvalue weighted by molar-refractivity contribution is 5.82. The number of carbonyl (C=O) groups is 1. The standard InChI is InChI=1S/C21H21NO3/c1-13-4-5-19-18(9-13)21(25)17(11-22(19)12-20(23)24)10-16-7-14(2)6-15(3)8-16/h4-9,11H,10,12H2,1-3H3,(H,23,24). The normalized spacial score (nSPS) is 11.0. The van der Waals surface area contributed by atoms with Crippen molar-refractivity contribution >= 4 is 16.9 Å². The van der Waals surface area contributed by atoms with E-state index in [2.05, 4.69) is 18.2 Å². The second-order valence-electron chi connectivity index (χ2n) is 6.70. The van der Waals surface area contributed by atoms with Crippen LogP contribution in [0.2, 0.25) is 0 Å². The van der Waals surface area contributed by atoms with Gasteiger partial charge in [0, 0.05) is 23.6 Å². The molecule has 0 saturated heterocycles. The molecule has 0 unspecified atom stereocenters. The first kappa shape index (κ1) is 17.0. The molecule has 0 radical (unpaired) electrons. The topological polar surface area (TPSA) is 59.3 Å². The van der Waals surface area contributed by atoms with Crippen LogP contribution in [0.4, 0.5) is 0 Å². The third-order valence-electron chi connectivity index (χ3n) is 4.29. The van der Waals surface area contributed by atoms with Crippen LogP contribution in [0.1, 0.15) is 27.8 Å². The molecule has 4 nitrogen and oxygen atoms in total. The predicted octanol–water partition coefficient (Wildman–Crippen LogP) is 3.60. The van der Waals surface area contributed by atoms with Gasteiger partial charge in [-0.3, -0.25) is 9.59 Å². The van der Waals surface area contributed by atoms with Gasteiger partial charge in [-0.1, -0.05) is 41.0 Å². The summed E-state index contributed by atoms with van der Waals surface area (Å²) >= 11 is 0. The lowest BCUT2D eigenvalue weighted by Gasteiger charge is -2.13. The van der Waals surface area contributed by atoms with Gasteiger partial charge in [0.25, 0.3) is 0 Å². The Balaban J connectivity index is 2.18. The number of aromatic nitrogens is 1. The third-order valence-corrected chi connectivity index (χ3v) is 4.29. The SMILES string of the molecule is Cc1cc(C)cc(Cc2cn(CC(=O)O)c3ccc(C)cc3c2=O)c1. The van der Waals surface area contributed by atoms with Crippen LogP contribution in [-0.2, 0) is 17.8 Å². The molecule has 1 N–H and O–H groups in total. The van der Waals surface area contributed by atoms with E-state index in [1.54, 1.807) is 10.8 Å². The number of fused-ring (bicyclic) bond motifs is 1. The quantitative estimate of drug-likeness (QED) is 0.792. The molecule has 3 rings (SSSR count). The van der Waals surface area contributed by atoms with Gasteiger partial charge in [-0.15, -0.1) is 0 Å². The summed E-state index contributed by atoms with van der Waals surface area (Å²) in [5.74, 6) is -0.928. The summed E-state index contributed by atoms with van der Waals surface area (Å²) < 4.78 is 1.65. The Labute approximate surface area is 146 Å². The number of carboxylic acids is 1. The van der Waals surface area contributed by atoms with Crippen molar-refractivity contribution in [2.45, 2.75) is 33.7 Å². The molecule has 0 spiro atoms. The maximum atomic E-state index is 12.9. The van der Waals surface area contributed by atoms with E-state index in [1.807, 2.05) is 39.0 Å². The molecule has 2 aromatic carbocycles. The highest BCUT2D eigenvalue weighted by atomic mass is 16.4. The fourth-order valence-electron chi connectivity index (χ4n) is 3.36. The molecule has 1 heterocycles. The van der Waals surface area contributed by atoms with Gasteiger partial charge in [0.15, 0.2) is 5.43 Å². The Bertz CT molecular complexity index is 1010. The maximum absolute atomic E-state index is 12.9. The Kier molecular flexibility index (Phi) is 4.45. The van der Waals surface area contributed by atoms with Crippen molar-refractivity contribution in [1.29, 1.82) is 0 Å². The average molecular weight is 335 g/mol. The van der Waals surface area contributed by atoms with E-state index in [1.165, 1.54) is 0 Å². The van der Waals surface area contributed by atoms with Gasteiger partial charge in [-0.2, -0.15) is 0 Å². The Morgan fingerprint density at radius 1 is 1.00 bits per heavy atom. The molecule has 0 saturated carbocycles. The summed E-state index contributed by atoms with van der Waals surface area (Å²) in [6.07, 6.45) is 2.18. The van der Waals surface area contributed by atoms with Crippen LogP contribution in [0.5, 0.6) is 0 Å². The van der Waals surface area contributed by atoms with E-state index in [9.17, 15) is 14.7 Å².